The molecule has 2 rings (SSSR count). The molecule has 0 aliphatic carbocycles. The number of halogens is 1. The highest BCUT2D eigenvalue weighted by Gasteiger charge is 2.14. The van der Waals surface area contributed by atoms with Gasteiger partial charge in [-0.15, -0.1) is 0 Å². The molecule has 5 heteroatoms. The molecule has 0 unspecified atom stereocenters. The quantitative estimate of drug-likeness (QED) is 0.765. The highest BCUT2D eigenvalue weighted by molar-refractivity contribution is 6.30. The number of rotatable bonds is 6. The van der Waals surface area contributed by atoms with Crippen LogP contribution in [0.2, 0.25) is 5.02 Å². The maximum Gasteiger partial charge on any atom is 0.204 e. The third-order valence-corrected chi connectivity index (χ3v) is 3.14. The molecule has 2 aromatic carbocycles. The minimum absolute atomic E-state index is 0.0921. The van der Waals surface area contributed by atoms with Crippen LogP contribution in [0.1, 0.15) is 10.4 Å². The van der Waals surface area contributed by atoms with Crippen molar-refractivity contribution in [3.63, 3.8) is 0 Å². The number of ketones is 1. The first kappa shape index (κ1) is 15.2. The van der Waals surface area contributed by atoms with E-state index in [1.165, 1.54) is 7.11 Å². The Kier molecular flexibility index (Phi) is 5.06. The molecule has 0 spiro atoms. The number of hydrogen-bond acceptors (Lipinski definition) is 4. The van der Waals surface area contributed by atoms with Gasteiger partial charge in [-0.1, -0.05) is 11.6 Å². The molecule has 110 valence electrons. The van der Waals surface area contributed by atoms with Gasteiger partial charge in [0.05, 0.1) is 19.8 Å². The van der Waals surface area contributed by atoms with Crippen molar-refractivity contribution in [1.82, 2.24) is 0 Å². The highest BCUT2D eigenvalue weighted by atomic mass is 35.5. The topological polar surface area (TPSA) is 44.8 Å². The van der Waals surface area contributed by atoms with E-state index in [0.29, 0.717) is 27.8 Å². The van der Waals surface area contributed by atoms with Crippen molar-refractivity contribution in [3.8, 4) is 17.2 Å². The van der Waals surface area contributed by atoms with Gasteiger partial charge in [0.1, 0.15) is 17.2 Å². The fourth-order valence-corrected chi connectivity index (χ4v) is 1.92. The molecule has 0 saturated carbocycles. The van der Waals surface area contributed by atoms with Crippen LogP contribution in [0, 0.1) is 0 Å². The molecule has 0 fully saturated rings. The van der Waals surface area contributed by atoms with Crippen molar-refractivity contribution in [2.45, 2.75) is 0 Å². The molecule has 0 saturated heterocycles. The molecular formula is C16H15ClO4. The lowest BCUT2D eigenvalue weighted by Gasteiger charge is -2.10. The zero-order chi connectivity index (χ0) is 15.2. The Morgan fingerprint density at radius 1 is 1.00 bits per heavy atom. The summed E-state index contributed by atoms with van der Waals surface area (Å²) >= 11 is 5.79. The second-order valence-electron chi connectivity index (χ2n) is 4.23. The smallest absolute Gasteiger partial charge is 0.204 e. The number of Topliss-reactive ketones (excluding diaryl/α,β-unsaturated/α-hetero) is 1. The van der Waals surface area contributed by atoms with E-state index < -0.39 is 0 Å². The average Bonchev–Trinajstić information content (AvgIpc) is 2.53. The molecule has 0 aliphatic heterocycles. The van der Waals surface area contributed by atoms with Gasteiger partial charge in [0.15, 0.2) is 6.61 Å². The van der Waals surface area contributed by atoms with Crippen molar-refractivity contribution in [2.24, 2.45) is 0 Å². The van der Waals surface area contributed by atoms with Gasteiger partial charge >= 0.3 is 0 Å². The van der Waals surface area contributed by atoms with Crippen LogP contribution in [0.15, 0.2) is 42.5 Å². The van der Waals surface area contributed by atoms with Crippen LogP contribution in [-0.4, -0.2) is 26.6 Å². The Morgan fingerprint density at radius 3 is 2.29 bits per heavy atom. The number of carbonyl (C=O) groups is 1. The molecule has 0 N–H and O–H groups in total. The van der Waals surface area contributed by atoms with Crippen molar-refractivity contribution in [2.75, 3.05) is 20.8 Å². The lowest BCUT2D eigenvalue weighted by molar-refractivity contribution is 0.0918. The van der Waals surface area contributed by atoms with Gasteiger partial charge in [0, 0.05) is 5.02 Å². The van der Waals surface area contributed by atoms with Crippen LogP contribution in [0.5, 0.6) is 17.2 Å². The summed E-state index contributed by atoms with van der Waals surface area (Å²) in [6, 6.07) is 11.9. The van der Waals surface area contributed by atoms with E-state index >= 15 is 0 Å². The van der Waals surface area contributed by atoms with Gasteiger partial charge in [0.25, 0.3) is 0 Å². The third-order valence-electron chi connectivity index (χ3n) is 2.89. The average molecular weight is 307 g/mol. The predicted octanol–water partition coefficient (Wildman–Crippen LogP) is 3.62. The largest absolute Gasteiger partial charge is 0.497 e. The lowest BCUT2D eigenvalue weighted by Crippen LogP contribution is -2.13. The summed E-state index contributed by atoms with van der Waals surface area (Å²) in [5, 5.41) is 0.614. The van der Waals surface area contributed by atoms with E-state index in [-0.39, 0.29) is 12.4 Å². The van der Waals surface area contributed by atoms with Crippen molar-refractivity contribution < 1.29 is 19.0 Å². The van der Waals surface area contributed by atoms with Gasteiger partial charge in [0.2, 0.25) is 5.78 Å². The van der Waals surface area contributed by atoms with E-state index in [1.807, 2.05) is 0 Å². The summed E-state index contributed by atoms with van der Waals surface area (Å²) in [4.78, 5) is 12.2. The van der Waals surface area contributed by atoms with Crippen LogP contribution in [0.4, 0.5) is 0 Å². The fourth-order valence-electron chi connectivity index (χ4n) is 1.79. The monoisotopic (exact) mass is 306 g/mol. The highest BCUT2D eigenvalue weighted by Crippen LogP contribution is 2.24. The van der Waals surface area contributed by atoms with Gasteiger partial charge in [-0.05, 0) is 42.5 Å². The molecule has 21 heavy (non-hydrogen) atoms. The molecule has 0 radical (unpaired) electrons. The Labute approximate surface area is 128 Å². The Balaban J connectivity index is 2.10. The molecule has 0 aromatic heterocycles. The predicted molar refractivity (Wildman–Crippen MR) is 80.8 cm³/mol. The van der Waals surface area contributed by atoms with E-state index in [2.05, 4.69) is 0 Å². The number of hydrogen-bond donors (Lipinski definition) is 0. The Morgan fingerprint density at radius 2 is 1.67 bits per heavy atom. The van der Waals surface area contributed by atoms with Gasteiger partial charge in [-0.25, -0.2) is 0 Å². The van der Waals surface area contributed by atoms with Crippen LogP contribution in [0.25, 0.3) is 0 Å². The first-order valence-electron chi connectivity index (χ1n) is 6.27. The molecule has 0 bridgehead atoms. The number of ether oxygens (including phenoxy) is 3. The fraction of sp³-hybridized carbons (Fsp3) is 0.188. The van der Waals surface area contributed by atoms with Gasteiger partial charge in [-0.2, -0.15) is 0 Å². The van der Waals surface area contributed by atoms with Gasteiger partial charge < -0.3 is 14.2 Å². The third kappa shape index (κ3) is 3.89. The molecule has 0 heterocycles. The Bertz CT molecular complexity index is 623. The van der Waals surface area contributed by atoms with Crippen LogP contribution in [0.3, 0.4) is 0 Å². The van der Waals surface area contributed by atoms with E-state index in [0.717, 1.165) is 0 Å². The SMILES string of the molecule is COc1ccc(OC)c(C(=O)COc2ccc(Cl)cc2)c1. The second-order valence-corrected chi connectivity index (χ2v) is 4.67. The number of carbonyl (C=O) groups excluding carboxylic acids is 1. The summed E-state index contributed by atoms with van der Waals surface area (Å²) in [5.41, 5.74) is 0.422. The molecule has 0 aliphatic rings. The molecule has 0 amide bonds. The summed E-state index contributed by atoms with van der Waals surface area (Å²) < 4.78 is 15.7. The van der Waals surface area contributed by atoms with Crippen LogP contribution < -0.4 is 14.2 Å². The van der Waals surface area contributed by atoms with Crippen LogP contribution >= 0.6 is 11.6 Å². The minimum atomic E-state index is -0.194. The Hall–Kier alpha value is -2.20. The van der Waals surface area contributed by atoms with E-state index in [9.17, 15) is 4.79 Å². The standard InChI is InChI=1S/C16H15ClO4/c1-19-13-7-8-16(20-2)14(9-13)15(18)10-21-12-5-3-11(17)4-6-12/h3-9H,10H2,1-2H3. The summed E-state index contributed by atoms with van der Waals surface area (Å²) in [5.74, 6) is 1.46. The lowest BCUT2D eigenvalue weighted by atomic mass is 10.1. The van der Waals surface area contributed by atoms with Gasteiger partial charge in [-0.3, -0.25) is 4.79 Å². The zero-order valence-electron chi connectivity index (χ0n) is 11.8. The summed E-state index contributed by atoms with van der Waals surface area (Å²) in [7, 11) is 3.05. The van der Waals surface area contributed by atoms with E-state index in [4.69, 9.17) is 25.8 Å². The molecular weight excluding hydrogens is 292 g/mol. The normalized spacial score (nSPS) is 10.0. The second kappa shape index (κ2) is 6.99. The minimum Gasteiger partial charge on any atom is -0.497 e. The van der Waals surface area contributed by atoms with Crippen molar-refractivity contribution in [1.29, 1.82) is 0 Å². The first-order chi connectivity index (χ1) is 10.1. The molecule has 0 atom stereocenters. The summed E-state index contributed by atoms with van der Waals surface area (Å²) in [6.45, 7) is -0.0921. The number of methoxy groups -OCH3 is 2. The molecule has 4 nitrogen and oxygen atoms in total. The maximum absolute atomic E-state index is 12.2. The number of benzene rings is 2. The van der Waals surface area contributed by atoms with Crippen molar-refractivity contribution in [3.05, 3.63) is 53.1 Å². The van der Waals surface area contributed by atoms with E-state index in [1.54, 1.807) is 49.6 Å². The molecule has 2 aromatic rings. The van der Waals surface area contributed by atoms with Crippen LogP contribution in [-0.2, 0) is 0 Å². The maximum atomic E-state index is 12.2. The van der Waals surface area contributed by atoms with Crippen molar-refractivity contribution >= 4 is 17.4 Å². The zero-order valence-corrected chi connectivity index (χ0v) is 12.5. The first-order valence-corrected chi connectivity index (χ1v) is 6.65. The summed E-state index contributed by atoms with van der Waals surface area (Å²) in [6.07, 6.45) is 0.